The molecule has 518 valence electrons. The molecule has 87 heavy (non-hydrogen) atoms. The largest absolute Gasteiger partial charge is 0.466 e. The standard InChI is InChI=1S/C81H159NO5/c1-3-5-7-9-11-13-15-17-19-21-22-23-24-30-33-36-39-42-45-49-53-57-61-65-69-73-79(84)78(77-83)82-80(85)74-70-66-62-58-54-50-46-43-40-37-34-31-28-26-25-27-29-32-35-38-41-44-48-52-56-60-64-68-72-76-87-81(86)75-71-67-63-59-55-51-47-20-18-16-14-12-10-8-6-4-2/h20,47,78-79,83-84H,3-19,21-46,48-77H2,1-2H3,(H,82,85)/b47-20-. The molecule has 0 aliphatic rings. The van der Waals surface area contributed by atoms with Crippen LogP contribution in [0.4, 0.5) is 0 Å². The zero-order valence-electron chi connectivity index (χ0n) is 59.5. The van der Waals surface area contributed by atoms with Gasteiger partial charge in [-0.25, -0.2) is 0 Å². The van der Waals surface area contributed by atoms with E-state index in [4.69, 9.17) is 4.74 Å². The summed E-state index contributed by atoms with van der Waals surface area (Å²) in [6, 6.07) is -0.540. The molecule has 0 saturated carbocycles. The Bertz CT molecular complexity index is 1320. The van der Waals surface area contributed by atoms with Gasteiger partial charge in [-0.3, -0.25) is 9.59 Å². The fraction of sp³-hybridized carbons (Fsp3) is 0.951. The fourth-order valence-electron chi connectivity index (χ4n) is 13.2. The average molecular weight is 1230 g/mol. The van der Waals surface area contributed by atoms with Gasteiger partial charge in [-0.15, -0.1) is 0 Å². The first-order chi connectivity index (χ1) is 43.0. The van der Waals surface area contributed by atoms with E-state index in [2.05, 4.69) is 31.3 Å². The molecule has 0 saturated heterocycles. The molecule has 1 amide bonds. The fourth-order valence-corrected chi connectivity index (χ4v) is 13.2. The van der Waals surface area contributed by atoms with Crippen LogP contribution in [0.2, 0.25) is 0 Å². The summed E-state index contributed by atoms with van der Waals surface area (Å²) in [6.45, 7) is 5.01. The topological polar surface area (TPSA) is 95.9 Å². The number of rotatable bonds is 77. The molecule has 0 spiro atoms. The van der Waals surface area contributed by atoms with E-state index in [0.717, 1.165) is 44.9 Å². The van der Waals surface area contributed by atoms with Gasteiger partial charge in [-0.05, 0) is 51.4 Å². The second-order valence-corrected chi connectivity index (χ2v) is 28.1. The molecule has 2 unspecified atom stereocenters. The molecule has 6 heteroatoms. The number of amides is 1. The summed E-state index contributed by atoms with van der Waals surface area (Å²) < 4.78 is 5.50. The molecule has 0 aromatic heterocycles. The van der Waals surface area contributed by atoms with E-state index in [9.17, 15) is 19.8 Å². The molecule has 0 aromatic rings. The van der Waals surface area contributed by atoms with Gasteiger partial charge in [0.2, 0.25) is 5.91 Å². The Balaban J connectivity index is 3.34. The zero-order chi connectivity index (χ0) is 62.8. The van der Waals surface area contributed by atoms with Crippen molar-refractivity contribution in [3.05, 3.63) is 12.2 Å². The summed E-state index contributed by atoms with van der Waals surface area (Å²) in [5.41, 5.74) is 0. The van der Waals surface area contributed by atoms with E-state index in [-0.39, 0.29) is 18.5 Å². The second kappa shape index (κ2) is 77.1. The lowest BCUT2D eigenvalue weighted by Crippen LogP contribution is -2.45. The van der Waals surface area contributed by atoms with Crippen LogP contribution in [0, 0.1) is 0 Å². The van der Waals surface area contributed by atoms with E-state index in [1.54, 1.807) is 0 Å². The Kier molecular flexibility index (Phi) is 75.8. The van der Waals surface area contributed by atoms with Gasteiger partial charge in [0.05, 0.1) is 25.4 Å². The van der Waals surface area contributed by atoms with Crippen molar-refractivity contribution in [1.82, 2.24) is 5.32 Å². The van der Waals surface area contributed by atoms with Crippen molar-refractivity contribution in [1.29, 1.82) is 0 Å². The maximum absolute atomic E-state index is 12.6. The minimum atomic E-state index is -0.663. The van der Waals surface area contributed by atoms with Crippen LogP contribution >= 0.6 is 0 Å². The highest BCUT2D eigenvalue weighted by molar-refractivity contribution is 5.76. The van der Waals surface area contributed by atoms with Gasteiger partial charge < -0.3 is 20.3 Å². The maximum atomic E-state index is 12.6. The van der Waals surface area contributed by atoms with Crippen molar-refractivity contribution in [2.45, 2.75) is 482 Å². The smallest absolute Gasteiger partial charge is 0.305 e. The number of nitrogens with one attached hydrogen (secondary N) is 1. The number of allylic oxidation sites excluding steroid dienone is 2. The van der Waals surface area contributed by atoms with E-state index in [1.165, 1.54) is 392 Å². The van der Waals surface area contributed by atoms with Crippen LogP contribution in [0.15, 0.2) is 12.2 Å². The third-order valence-corrected chi connectivity index (χ3v) is 19.3. The number of hydrogen-bond acceptors (Lipinski definition) is 5. The number of carbonyl (C=O) groups is 2. The van der Waals surface area contributed by atoms with Gasteiger partial charge in [0.25, 0.3) is 0 Å². The van der Waals surface area contributed by atoms with Gasteiger partial charge in [0, 0.05) is 12.8 Å². The Morgan fingerprint density at radius 3 is 0.816 bits per heavy atom. The predicted molar refractivity (Wildman–Crippen MR) is 384 cm³/mol. The predicted octanol–water partition coefficient (Wildman–Crippen LogP) is 26.7. The van der Waals surface area contributed by atoms with Gasteiger partial charge >= 0.3 is 5.97 Å². The molecule has 6 nitrogen and oxygen atoms in total. The number of hydrogen-bond donors (Lipinski definition) is 3. The van der Waals surface area contributed by atoms with Crippen LogP contribution in [-0.2, 0) is 14.3 Å². The summed E-state index contributed by atoms with van der Waals surface area (Å²) >= 11 is 0. The van der Waals surface area contributed by atoms with E-state index in [0.29, 0.717) is 25.9 Å². The minimum absolute atomic E-state index is 0.0136. The molecule has 0 bridgehead atoms. The lowest BCUT2D eigenvalue weighted by atomic mass is 10.0. The van der Waals surface area contributed by atoms with Gasteiger partial charge in [0.1, 0.15) is 0 Å². The Labute approximate surface area is 546 Å². The van der Waals surface area contributed by atoms with Gasteiger partial charge in [-0.2, -0.15) is 0 Å². The minimum Gasteiger partial charge on any atom is -0.466 e. The van der Waals surface area contributed by atoms with Crippen molar-refractivity contribution in [3.63, 3.8) is 0 Å². The molecule has 0 rings (SSSR count). The molecule has 0 aliphatic heterocycles. The number of unbranched alkanes of at least 4 members (excludes halogenated alkanes) is 64. The summed E-state index contributed by atoms with van der Waals surface area (Å²) in [5.74, 6) is -0.0115. The molecule has 2 atom stereocenters. The van der Waals surface area contributed by atoms with Crippen molar-refractivity contribution in [3.8, 4) is 0 Å². The van der Waals surface area contributed by atoms with Crippen molar-refractivity contribution < 1.29 is 24.5 Å². The van der Waals surface area contributed by atoms with Crippen LogP contribution in [0.5, 0.6) is 0 Å². The lowest BCUT2D eigenvalue weighted by molar-refractivity contribution is -0.143. The first-order valence-electron chi connectivity index (χ1n) is 40.4. The van der Waals surface area contributed by atoms with Crippen molar-refractivity contribution >= 4 is 11.9 Å². The number of carbonyl (C=O) groups excluding carboxylic acids is 2. The molecular weight excluding hydrogens is 1070 g/mol. The second-order valence-electron chi connectivity index (χ2n) is 28.1. The molecule has 0 fully saturated rings. The summed E-state index contributed by atoms with van der Waals surface area (Å²) in [6.07, 6.45) is 97.4. The first-order valence-corrected chi connectivity index (χ1v) is 40.4. The molecule has 0 heterocycles. The summed E-state index contributed by atoms with van der Waals surface area (Å²) in [7, 11) is 0. The highest BCUT2D eigenvalue weighted by Crippen LogP contribution is 2.21. The Morgan fingerprint density at radius 2 is 0.540 bits per heavy atom. The molecule has 0 aliphatic carbocycles. The van der Waals surface area contributed by atoms with E-state index < -0.39 is 12.1 Å². The first kappa shape index (κ1) is 85.6. The zero-order valence-corrected chi connectivity index (χ0v) is 59.5. The SMILES string of the molecule is CCCCCCCCC/C=C\CCCCCCCC(=O)OCCCCCCCCCCCCCCCCCCCCCCCCCCCCCCCC(=O)NC(CO)C(O)CCCCCCCCCCCCCCCCCCCCCCCCCCC. The van der Waals surface area contributed by atoms with E-state index in [1.807, 2.05) is 0 Å². The normalized spacial score (nSPS) is 12.5. The highest BCUT2D eigenvalue weighted by Gasteiger charge is 2.20. The van der Waals surface area contributed by atoms with Gasteiger partial charge in [-0.1, -0.05) is 418 Å². The van der Waals surface area contributed by atoms with Crippen LogP contribution in [0.3, 0.4) is 0 Å². The number of aliphatic hydroxyl groups excluding tert-OH is 2. The summed E-state index contributed by atoms with van der Waals surface area (Å²) in [5, 5.41) is 23.5. The quantitative estimate of drug-likeness (QED) is 0.0320. The number of esters is 1. The number of ether oxygens (including phenoxy) is 1. The number of aliphatic hydroxyl groups is 2. The van der Waals surface area contributed by atoms with Gasteiger partial charge in [0.15, 0.2) is 0 Å². The van der Waals surface area contributed by atoms with E-state index >= 15 is 0 Å². The van der Waals surface area contributed by atoms with Crippen LogP contribution in [-0.4, -0.2) is 47.4 Å². The molecule has 0 aromatic carbocycles. The lowest BCUT2D eigenvalue weighted by Gasteiger charge is -2.22. The highest BCUT2D eigenvalue weighted by atomic mass is 16.5. The monoisotopic (exact) mass is 1230 g/mol. The Morgan fingerprint density at radius 1 is 0.310 bits per heavy atom. The third kappa shape index (κ3) is 73.5. The van der Waals surface area contributed by atoms with Crippen LogP contribution in [0.1, 0.15) is 470 Å². The third-order valence-electron chi connectivity index (χ3n) is 19.3. The van der Waals surface area contributed by atoms with Crippen molar-refractivity contribution in [2.75, 3.05) is 13.2 Å². The molecular formula is C81H159NO5. The molecule has 0 radical (unpaired) electrons. The average Bonchev–Trinajstić information content (AvgIpc) is 3.52. The van der Waals surface area contributed by atoms with Crippen molar-refractivity contribution in [2.24, 2.45) is 0 Å². The Hall–Kier alpha value is -1.40. The summed E-state index contributed by atoms with van der Waals surface area (Å²) in [4.78, 5) is 24.7. The van der Waals surface area contributed by atoms with Crippen LogP contribution in [0.25, 0.3) is 0 Å². The molecule has 3 N–H and O–H groups in total. The maximum Gasteiger partial charge on any atom is 0.305 e. The van der Waals surface area contributed by atoms with Crippen LogP contribution < -0.4 is 5.32 Å².